The van der Waals surface area contributed by atoms with E-state index >= 15 is 0 Å². The van der Waals surface area contributed by atoms with Crippen molar-refractivity contribution in [1.82, 2.24) is 19.8 Å². The molecule has 1 saturated heterocycles. The minimum atomic E-state index is -0.381. The van der Waals surface area contributed by atoms with Gasteiger partial charge in [0.2, 0.25) is 11.8 Å². The molecule has 0 saturated carbocycles. The van der Waals surface area contributed by atoms with Crippen molar-refractivity contribution in [2.24, 2.45) is 0 Å². The number of carbonyl (C=O) groups excluding carboxylic acids is 2. The van der Waals surface area contributed by atoms with Crippen LogP contribution in [-0.4, -0.2) is 45.9 Å². The number of thiophene rings is 1. The molecular formula is C21H22N4O3S. The lowest BCUT2D eigenvalue weighted by molar-refractivity contribution is -0.132. The number of hydrogen-bond acceptors (Lipinski definition) is 5. The number of rotatable bonds is 5. The third kappa shape index (κ3) is 3.93. The van der Waals surface area contributed by atoms with E-state index in [0.29, 0.717) is 10.2 Å². The fourth-order valence-electron chi connectivity index (χ4n) is 3.67. The Balaban J connectivity index is 1.55. The van der Waals surface area contributed by atoms with Crippen LogP contribution < -0.4 is 10.9 Å². The molecule has 0 radical (unpaired) electrons. The molecule has 7 nitrogen and oxygen atoms in total. The molecule has 1 aromatic carbocycles. The van der Waals surface area contributed by atoms with E-state index in [4.69, 9.17) is 0 Å². The van der Waals surface area contributed by atoms with Crippen molar-refractivity contribution >= 4 is 33.4 Å². The third-order valence-corrected chi connectivity index (χ3v) is 6.14. The molecule has 2 aromatic heterocycles. The number of fused-ring (bicyclic) bond motifs is 1. The monoisotopic (exact) mass is 410 g/mol. The van der Waals surface area contributed by atoms with Crippen LogP contribution in [0.4, 0.5) is 0 Å². The Hall–Kier alpha value is -3.00. The molecule has 2 amide bonds. The zero-order valence-corrected chi connectivity index (χ0v) is 17.0. The van der Waals surface area contributed by atoms with E-state index in [9.17, 15) is 14.4 Å². The minimum absolute atomic E-state index is 0.0456. The van der Waals surface area contributed by atoms with Crippen molar-refractivity contribution in [3.63, 3.8) is 0 Å². The van der Waals surface area contributed by atoms with Crippen LogP contribution >= 0.6 is 11.3 Å². The first-order valence-electron chi connectivity index (χ1n) is 9.63. The molecule has 0 bridgehead atoms. The number of nitrogens with zero attached hydrogens (tertiary/aromatic N) is 3. The molecule has 4 rings (SSSR count). The first-order valence-corrected chi connectivity index (χ1v) is 10.4. The summed E-state index contributed by atoms with van der Waals surface area (Å²) in [6.45, 7) is 3.24. The van der Waals surface area contributed by atoms with Gasteiger partial charge in [0.25, 0.3) is 5.56 Å². The maximum Gasteiger partial charge on any atom is 0.263 e. The summed E-state index contributed by atoms with van der Waals surface area (Å²) in [4.78, 5) is 45.3. The molecule has 3 heterocycles. The van der Waals surface area contributed by atoms with Gasteiger partial charge in [-0.1, -0.05) is 30.3 Å². The number of benzene rings is 1. The second-order valence-electron chi connectivity index (χ2n) is 7.12. The van der Waals surface area contributed by atoms with Crippen LogP contribution in [0.2, 0.25) is 0 Å². The Kier molecular flexibility index (Phi) is 5.44. The molecule has 0 unspecified atom stereocenters. The van der Waals surface area contributed by atoms with Crippen LogP contribution in [0.3, 0.4) is 0 Å². The zero-order valence-electron chi connectivity index (χ0n) is 16.2. The van der Waals surface area contributed by atoms with Gasteiger partial charge in [-0.15, -0.1) is 11.3 Å². The van der Waals surface area contributed by atoms with Gasteiger partial charge >= 0.3 is 0 Å². The summed E-state index contributed by atoms with van der Waals surface area (Å²) in [6, 6.07) is 9.71. The van der Waals surface area contributed by atoms with Crippen LogP contribution in [0.5, 0.6) is 0 Å². The molecule has 150 valence electrons. The molecule has 1 fully saturated rings. The van der Waals surface area contributed by atoms with Gasteiger partial charge < -0.3 is 10.2 Å². The highest BCUT2D eigenvalue weighted by Gasteiger charge is 2.20. The molecule has 0 spiro atoms. The zero-order chi connectivity index (χ0) is 20.4. The topological polar surface area (TPSA) is 84.3 Å². The van der Waals surface area contributed by atoms with Crippen LogP contribution in [0.25, 0.3) is 21.3 Å². The summed E-state index contributed by atoms with van der Waals surface area (Å²) in [5.41, 5.74) is 1.56. The molecule has 1 aliphatic heterocycles. The number of carbonyl (C=O) groups is 2. The van der Waals surface area contributed by atoms with Gasteiger partial charge in [0.1, 0.15) is 11.4 Å². The summed E-state index contributed by atoms with van der Waals surface area (Å²) in [5.74, 6) is -0.467. The average molecular weight is 410 g/mol. The summed E-state index contributed by atoms with van der Waals surface area (Å²) in [6.07, 6.45) is 3.41. The second kappa shape index (κ2) is 8.16. The van der Waals surface area contributed by atoms with Crippen molar-refractivity contribution in [2.45, 2.75) is 26.3 Å². The van der Waals surface area contributed by atoms with Crippen molar-refractivity contribution in [2.75, 3.05) is 19.6 Å². The van der Waals surface area contributed by atoms with E-state index in [2.05, 4.69) is 10.3 Å². The van der Waals surface area contributed by atoms with E-state index in [1.54, 1.807) is 4.90 Å². The van der Waals surface area contributed by atoms with Gasteiger partial charge in [-0.3, -0.25) is 19.0 Å². The summed E-state index contributed by atoms with van der Waals surface area (Å²) >= 11 is 1.47. The highest BCUT2D eigenvalue weighted by atomic mass is 32.1. The highest BCUT2D eigenvalue weighted by Crippen LogP contribution is 2.35. The molecular weight excluding hydrogens is 388 g/mol. The number of amides is 2. The quantitative estimate of drug-likeness (QED) is 0.699. The Morgan fingerprint density at radius 3 is 2.62 bits per heavy atom. The standard InChI is InChI=1S/C21H22N4O3S/c1-14-18(15-7-3-2-4-8-15)19-20(29-14)23-13-25(21(19)28)12-16(26)22-11-17(27)24-9-5-6-10-24/h2-4,7-8,13H,5-6,9-12H2,1H3,(H,22,26). The first kappa shape index (κ1) is 19.3. The largest absolute Gasteiger partial charge is 0.345 e. The Morgan fingerprint density at radius 2 is 1.90 bits per heavy atom. The molecule has 1 N–H and O–H groups in total. The van der Waals surface area contributed by atoms with Crippen molar-refractivity contribution in [3.05, 3.63) is 51.9 Å². The average Bonchev–Trinajstić information content (AvgIpc) is 3.37. The van der Waals surface area contributed by atoms with E-state index < -0.39 is 0 Å². The van der Waals surface area contributed by atoms with Gasteiger partial charge in [0.15, 0.2) is 0 Å². The van der Waals surface area contributed by atoms with E-state index in [0.717, 1.165) is 41.9 Å². The SMILES string of the molecule is Cc1sc2ncn(CC(=O)NCC(=O)N3CCCC3)c(=O)c2c1-c1ccccc1. The lowest BCUT2D eigenvalue weighted by atomic mass is 10.0. The van der Waals surface area contributed by atoms with Crippen LogP contribution in [-0.2, 0) is 16.1 Å². The Bertz CT molecular complexity index is 1110. The molecule has 1 aliphatic rings. The van der Waals surface area contributed by atoms with Crippen molar-refractivity contribution < 1.29 is 9.59 Å². The lowest BCUT2D eigenvalue weighted by Crippen LogP contribution is -2.40. The minimum Gasteiger partial charge on any atom is -0.345 e. The maximum atomic E-state index is 13.1. The Labute approximate surface area is 172 Å². The lowest BCUT2D eigenvalue weighted by Gasteiger charge is -2.15. The predicted molar refractivity (Wildman–Crippen MR) is 113 cm³/mol. The van der Waals surface area contributed by atoms with Gasteiger partial charge in [-0.2, -0.15) is 0 Å². The number of hydrogen-bond donors (Lipinski definition) is 1. The van der Waals surface area contributed by atoms with Gasteiger partial charge in [-0.25, -0.2) is 4.98 Å². The molecule has 0 atom stereocenters. The van der Waals surface area contributed by atoms with Crippen LogP contribution in [0.1, 0.15) is 17.7 Å². The molecule has 29 heavy (non-hydrogen) atoms. The summed E-state index contributed by atoms with van der Waals surface area (Å²) < 4.78 is 1.30. The smallest absolute Gasteiger partial charge is 0.263 e. The molecule has 3 aromatic rings. The fraction of sp³-hybridized carbons (Fsp3) is 0.333. The van der Waals surface area contributed by atoms with Gasteiger partial charge in [0, 0.05) is 23.5 Å². The third-order valence-electron chi connectivity index (χ3n) is 5.13. The number of likely N-dealkylation sites (tertiary alicyclic amines) is 1. The highest BCUT2D eigenvalue weighted by molar-refractivity contribution is 7.19. The summed E-state index contributed by atoms with van der Waals surface area (Å²) in [7, 11) is 0. The second-order valence-corrected chi connectivity index (χ2v) is 8.32. The van der Waals surface area contributed by atoms with Gasteiger partial charge in [-0.05, 0) is 25.3 Å². The van der Waals surface area contributed by atoms with E-state index in [-0.39, 0.29) is 30.5 Å². The normalized spacial score (nSPS) is 13.8. The van der Waals surface area contributed by atoms with Crippen molar-refractivity contribution in [3.8, 4) is 11.1 Å². The van der Waals surface area contributed by atoms with Crippen LogP contribution in [0, 0.1) is 6.92 Å². The number of nitrogens with one attached hydrogen (secondary N) is 1. The van der Waals surface area contributed by atoms with E-state index in [1.807, 2.05) is 37.3 Å². The predicted octanol–water partition coefficient (Wildman–Crippen LogP) is 2.17. The van der Waals surface area contributed by atoms with Crippen molar-refractivity contribution in [1.29, 1.82) is 0 Å². The number of aromatic nitrogens is 2. The molecule has 8 heteroatoms. The summed E-state index contributed by atoms with van der Waals surface area (Å²) in [5, 5.41) is 3.15. The van der Waals surface area contributed by atoms with Gasteiger partial charge in [0.05, 0.1) is 18.3 Å². The Morgan fingerprint density at radius 1 is 1.17 bits per heavy atom. The van der Waals surface area contributed by atoms with E-state index in [1.165, 1.54) is 22.2 Å². The number of aryl methyl sites for hydroxylation is 1. The molecule has 0 aliphatic carbocycles. The van der Waals surface area contributed by atoms with Crippen LogP contribution in [0.15, 0.2) is 41.5 Å². The first-order chi connectivity index (χ1) is 14.0. The maximum absolute atomic E-state index is 13.1. The fourth-order valence-corrected chi connectivity index (χ4v) is 4.67.